The van der Waals surface area contributed by atoms with Gasteiger partial charge in [0.1, 0.15) is 12.4 Å². The Bertz CT molecular complexity index is 853. The number of hydrogen-bond donors (Lipinski definition) is 0. The first kappa shape index (κ1) is 15.6. The minimum absolute atomic E-state index is 0.374. The molecule has 0 N–H and O–H groups in total. The van der Waals surface area contributed by atoms with Crippen LogP contribution in [0, 0.1) is 20.8 Å². The quantitative estimate of drug-likeness (QED) is 0.636. The van der Waals surface area contributed by atoms with Crippen LogP contribution in [-0.2, 0) is 6.54 Å². The van der Waals surface area contributed by atoms with Crippen LogP contribution in [0.5, 0.6) is 0 Å². The van der Waals surface area contributed by atoms with Crippen molar-refractivity contribution in [3.05, 3.63) is 53.1 Å². The van der Waals surface area contributed by atoms with Crippen molar-refractivity contribution in [1.82, 2.24) is 9.55 Å². The smallest absolute Gasteiger partial charge is 0.315 e. The molecule has 0 spiro atoms. The number of aryl methyl sites for hydroxylation is 3. The van der Waals surface area contributed by atoms with Crippen LogP contribution in [-0.4, -0.2) is 15.7 Å². The zero-order valence-corrected chi connectivity index (χ0v) is 13.2. The van der Waals surface area contributed by atoms with Crippen molar-refractivity contribution in [3.8, 4) is 11.4 Å². The molecule has 3 rings (SSSR count). The summed E-state index contributed by atoms with van der Waals surface area (Å²) in [6.45, 7) is 4.75. The molecule has 23 heavy (non-hydrogen) atoms. The van der Waals surface area contributed by atoms with Gasteiger partial charge < -0.3 is 4.57 Å². The van der Waals surface area contributed by atoms with Crippen molar-refractivity contribution in [1.29, 1.82) is 0 Å². The Kier molecular flexibility index (Phi) is 3.66. The fourth-order valence-electron chi connectivity index (χ4n) is 3.14. The molecule has 0 unspecified atom stereocenters. The number of hydrogen-bond acceptors (Lipinski definition) is 1. The zero-order valence-electron chi connectivity index (χ0n) is 13.2. The molecule has 3 aromatic rings. The Morgan fingerprint density at radius 3 is 2.22 bits per heavy atom. The fourth-order valence-corrected chi connectivity index (χ4v) is 3.14. The normalized spacial score (nSPS) is 12.1. The van der Waals surface area contributed by atoms with Crippen LogP contribution in [0.25, 0.3) is 22.4 Å². The van der Waals surface area contributed by atoms with Gasteiger partial charge in [-0.25, -0.2) is 4.98 Å². The average molecular weight is 318 g/mol. The van der Waals surface area contributed by atoms with E-state index in [0.717, 1.165) is 22.3 Å². The predicted octanol–water partition coefficient (Wildman–Crippen LogP) is 5.19. The van der Waals surface area contributed by atoms with Crippen LogP contribution in [0.15, 0.2) is 36.4 Å². The van der Waals surface area contributed by atoms with Crippen LogP contribution in [0.2, 0.25) is 0 Å². The number of rotatable bonds is 2. The van der Waals surface area contributed by atoms with Gasteiger partial charge in [-0.15, -0.1) is 0 Å². The van der Waals surface area contributed by atoms with E-state index in [1.54, 1.807) is 24.3 Å². The third-order valence-electron chi connectivity index (χ3n) is 3.89. The molecule has 0 aliphatic carbocycles. The van der Waals surface area contributed by atoms with E-state index in [2.05, 4.69) is 4.98 Å². The Morgan fingerprint density at radius 1 is 1.00 bits per heavy atom. The molecule has 1 aromatic heterocycles. The highest BCUT2D eigenvalue weighted by Crippen LogP contribution is 2.33. The molecule has 0 bridgehead atoms. The van der Waals surface area contributed by atoms with Crippen molar-refractivity contribution in [2.24, 2.45) is 0 Å². The van der Waals surface area contributed by atoms with Crippen LogP contribution in [0.3, 0.4) is 0 Å². The second-order valence-corrected chi connectivity index (χ2v) is 5.90. The lowest BCUT2D eigenvalue weighted by Crippen LogP contribution is -2.18. The number of benzene rings is 2. The van der Waals surface area contributed by atoms with Gasteiger partial charge in [-0.3, -0.25) is 0 Å². The van der Waals surface area contributed by atoms with Crippen molar-refractivity contribution < 1.29 is 13.2 Å². The molecule has 0 aliphatic heterocycles. The summed E-state index contributed by atoms with van der Waals surface area (Å²) < 4.78 is 40.4. The summed E-state index contributed by atoms with van der Waals surface area (Å²) in [5.41, 5.74) is 4.80. The van der Waals surface area contributed by atoms with E-state index < -0.39 is 12.7 Å². The van der Waals surface area contributed by atoms with Crippen LogP contribution in [0.1, 0.15) is 16.7 Å². The average Bonchev–Trinajstić information content (AvgIpc) is 2.75. The standard InChI is InChI=1S/C18H17F3N2/c1-11-8-12(2)16(13(3)9-11)17-22-14-6-4-5-7-15(14)23(17)10-18(19,20)21/h4-9H,10H2,1-3H3. The molecular weight excluding hydrogens is 301 g/mol. The highest BCUT2D eigenvalue weighted by Gasteiger charge is 2.31. The second kappa shape index (κ2) is 5.41. The number of nitrogens with zero attached hydrogens (tertiary/aromatic N) is 2. The molecule has 2 aromatic carbocycles. The summed E-state index contributed by atoms with van der Waals surface area (Å²) in [5.74, 6) is 0.374. The summed E-state index contributed by atoms with van der Waals surface area (Å²) in [6, 6.07) is 10.9. The number of alkyl halides is 3. The number of para-hydroxylation sites is 2. The summed E-state index contributed by atoms with van der Waals surface area (Å²) >= 11 is 0. The van der Waals surface area contributed by atoms with Gasteiger partial charge in [0.05, 0.1) is 11.0 Å². The van der Waals surface area contributed by atoms with E-state index in [4.69, 9.17) is 0 Å². The van der Waals surface area contributed by atoms with Crippen molar-refractivity contribution in [2.45, 2.75) is 33.5 Å². The monoisotopic (exact) mass is 318 g/mol. The Balaban J connectivity index is 2.31. The van der Waals surface area contributed by atoms with Gasteiger partial charge in [0.2, 0.25) is 0 Å². The Hall–Kier alpha value is -2.30. The molecule has 0 fully saturated rings. The minimum atomic E-state index is -4.30. The van der Waals surface area contributed by atoms with Crippen molar-refractivity contribution in [3.63, 3.8) is 0 Å². The summed E-state index contributed by atoms with van der Waals surface area (Å²) in [6.07, 6.45) is -4.30. The van der Waals surface area contributed by atoms with Gasteiger partial charge in [-0.2, -0.15) is 13.2 Å². The maximum Gasteiger partial charge on any atom is 0.406 e. The van der Waals surface area contributed by atoms with Crippen LogP contribution in [0.4, 0.5) is 13.2 Å². The Morgan fingerprint density at radius 2 is 1.61 bits per heavy atom. The largest absolute Gasteiger partial charge is 0.406 e. The summed E-state index contributed by atoms with van der Waals surface area (Å²) in [7, 11) is 0. The lowest BCUT2D eigenvalue weighted by molar-refractivity contribution is -0.139. The van der Waals surface area contributed by atoms with Crippen LogP contribution >= 0.6 is 0 Å². The van der Waals surface area contributed by atoms with E-state index in [9.17, 15) is 13.2 Å². The lowest BCUT2D eigenvalue weighted by Gasteiger charge is -2.15. The highest BCUT2D eigenvalue weighted by molar-refractivity contribution is 5.82. The third-order valence-corrected chi connectivity index (χ3v) is 3.89. The van der Waals surface area contributed by atoms with Crippen molar-refractivity contribution in [2.75, 3.05) is 0 Å². The topological polar surface area (TPSA) is 17.8 Å². The van der Waals surface area contributed by atoms with Crippen molar-refractivity contribution >= 4 is 11.0 Å². The maximum atomic E-state index is 13.1. The molecule has 0 radical (unpaired) electrons. The van der Waals surface area contributed by atoms with Gasteiger partial charge in [0.25, 0.3) is 0 Å². The maximum absolute atomic E-state index is 13.1. The van der Waals surface area contributed by atoms with E-state index >= 15 is 0 Å². The SMILES string of the molecule is Cc1cc(C)c(-c2nc3ccccc3n2CC(F)(F)F)c(C)c1. The fraction of sp³-hybridized carbons (Fsp3) is 0.278. The number of imidazole rings is 1. The first-order chi connectivity index (χ1) is 10.8. The predicted molar refractivity (Wildman–Crippen MR) is 85.4 cm³/mol. The molecule has 120 valence electrons. The number of aromatic nitrogens is 2. The zero-order chi connectivity index (χ0) is 16.8. The lowest BCUT2D eigenvalue weighted by atomic mass is 9.99. The molecule has 1 heterocycles. The van der Waals surface area contributed by atoms with E-state index in [0.29, 0.717) is 16.9 Å². The van der Waals surface area contributed by atoms with E-state index in [1.165, 1.54) is 4.57 Å². The van der Waals surface area contributed by atoms with E-state index in [-0.39, 0.29) is 0 Å². The number of fused-ring (bicyclic) bond motifs is 1. The van der Waals surface area contributed by atoms with Gasteiger partial charge in [0.15, 0.2) is 0 Å². The van der Waals surface area contributed by atoms with Gasteiger partial charge in [-0.1, -0.05) is 29.8 Å². The highest BCUT2D eigenvalue weighted by atomic mass is 19.4. The summed E-state index contributed by atoms with van der Waals surface area (Å²) in [5, 5.41) is 0. The molecule has 0 aliphatic rings. The first-order valence-electron chi connectivity index (χ1n) is 7.36. The number of halogens is 3. The summed E-state index contributed by atoms with van der Waals surface area (Å²) in [4.78, 5) is 4.48. The van der Waals surface area contributed by atoms with Gasteiger partial charge >= 0.3 is 6.18 Å². The van der Waals surface area contributed by atoms with Gasteiger partial charge in [-0.05, 0) is 44.0 Å². The molecular formula is C18H17F3N2. The molecule has 0 atom stereocenters. The second-order valence-electron chi connectivity index (χ2n) is 5.90. The molecule has 0 amide bonds. The minimum Gasteiger partial charge on any atom is -0.315 e. The molecule has 5 heteroatoms. The first-order valence-corrected chi connectivity index (χ1v) is 7.36. The van der Waals surface area contributed by atoms with Gasteiger partial charge in [0, 0.05) is 5.56 Å². The Labute approximate surface area is 132 Å². The molecule has 0 saturated heterocycles. The molecule has 2 nitrogen and oxygen atoms in total. The van der Waals surface area contributed by atoms with Crippen LogP contribution < -0.4 is 0 Å². The third kappa shape index (κ3) is 2.96. The molecule has 0 saturated carbocycles. The van der Waals surface area contributed by atoms with E-state index in [1.807, 2.05) is 32.9 Å².